The van der Waals surface area contributed by atoms with Crippen molar-refractivity contribution >= 4 is 5.97 Å². The number of methoxy groups -OCH3 is 1. The summed E-state index contributed by atoms with van der Waals surface area (Å²) in [7, 11) is 1.37. The van der Waals surface area contributed by atoms with Gasteiger partial charge in [0.2, 0.25) is 0 Å². The van der Waals surface area contributed by atoms with Gasteiger partial charge in [-0.25, -0.2) is 9.78 Å². The Balaban J connectivity index is 2.13. The quantitative estimate of drug-likeness (QED) is 0.607. The van der Waals surface area contributed by atoms with Gasteiger partial charge in [0, 0.05) is 11.1 Å². The van der Waals surface area contributed by atoms with Crippen LogP contribution >= 0.6 is 0 Å². The summed E-state index contributed by atoms with van der Waals surface area (Å²) in [6, 6.07) is 22.0. The molecule has 0 spiro atoms. The lowest BCUT2D eigenvalue weighted by molar-refractivity contribution is 0.0594. The molecule has 0 fully saturated rings. The molecule has 3 rings (SSSR count). The number of rotatable bonds is 4. The lowest BCUT2D eigenvalue weighted by atomic mass is 9.95. The van der Waals surface area contributed by atoms with Crippen molar-refractivity contribution in [2.24, 2.45) is 0 Å². The van der Waals surface area contributed by atoms with Crippen LogP contribution in [0.2, 0.25) is 0 Å². The Hall–Kier alpha value is -2.94. The molecule has 0 radical (unpaired) electrons. The Labute approximate surface area is 148 Å². The molecule has 0 saturated carbocycles. The minimum atomic E-state index is -0.432. The summed E-state index contributed by atoms with van der Waals surface area (Å²) < 4.78 is 4.81. The van der Waals surface area contributed by atoms with E-state index >= 15 is 0 Å². The molecule has 0 atom stereocenters. The lowest BCUT2D eigenvalue weighted by Gasteiger charge is -2.12. The first-order valence-corrected chi connectivity index (χ1v) is 8.35. The molecule has 0 N–H and O–H groups in total. The second-order valence-electron chi connectivity index (χ2n) is 6.23. The first kappa shape index (κ1) is 16.9. The van der Waals surface area contributed by atoms with E-state index in [1.165, 1.54) is 12.7 Å². The minimum Gasteiger partial charge on any atom is -0.464 e. The number of carbonyl (C=O) groups excluding carboxylic acids is 1. The normalized spacial score (nSPS) is 10.7. The maximum absolute atomic E-state index is 11.9. The average molecular weight is 331 g/mol. The van der Waals surface area contributed by atoms with Gasteiger partial charge in [0.15, 0.2) is 0 Å². The molecule has 3 heteroatoms. The number of esters is 1. The molecule has 1 heterocycles. The van der Waals surface area contributed by atoms with Gasteiger partial charge in [0.25, 0.3) is 0 Å². The summed E-state index contributed by atoms with van der Waals surface area (Å²) >= 11 is 0. The fourth-order valence-electron chi connectivity index (χ4n) is 2.77. The molecule has 0 aliphatic rings. The summed E-state index contributed by atoms with van der Waals surface area (Å²) in [5.74, 6) is 0.0568. The highest BCUT2D eigenvalue weighted by Gasteiger charge is 2.14. The number of aromatic nitrogens is 1. The average Bonchev–Trinajstić information content (AvgIpc) is 2.67. The number of nitrogens with zero attached hydrogens (tertiary/aromatic N) is 1. The molecule has 0 aliphatic heterocycles. The van der Waals surface area contributed by atoms with Crippen LogP contribution in [-0.2, 0) is 4.74 Å². The van der Waals surface area contributed by atoms with E-state index in [4.69, 9.17) is 4.74 Å². The molecular weight excluding hydrogens is 310 g/mol. The summed E-state index contributed by atoms with van der Waals surface area (Å²) in [5, 5.41) is 0. The number of hydrogen-bond donors (Lipinski definition) is 0. The van der Waals surface area contributed by atoms with Gasteiger partial charge in [-0.15, -0.1) is 0 Å². The number of ether oxygens (including phenoxy) is 1. The molecule has 0 saturated heterocycles. The smallest absolute Gasteiger partial charge is 0.356 e. The highest BCUT2D eigenvalue weighted by molar-refractivity contribution is 5.90. The first-order chi connectivity index (χ1) is 12.1. The molecule has 0 bridgehead atoms. The maximum atomic E-state index is 11.9. The second-order valence-corrected chi connectivity index (χ2v) is 6.23. The van der Waals surface area contributed by atoms with Gasteiger partial charge in [-0.3, -0.25) is 0 Å². The second kappa shape index (κ2) is 7.31. The van der Waals surface area contributed by atoms with Crippen molar-refractivity contribution in [3.05, 3.63) is 78.0 Å². The van der Waals surface area contributed by atoms with Crippen molar-refractivity contribution in [3.8, 4) is 22.4 Å². The van der Waals surface area contributed by atoms with Gasteiger partial charge < -0.3 is 4.74 Å². The van der Waals surface area contributed by atoms with Crippen LogP contribution in [0, 0.1) is 0 Å². The fraction of sp³-hybridized carbons (Fsp3) is 0.182. The van der Waals surface area contributed by atoms with Crippen molar-refractivity contribution in [2.45, 2.75) is 19.8 Å². The summed E-state index contributed by atoms with van der Waals surface area (Å²) in [4.78, 5) is 16.5. The third-order valence-corrected chi connectivity index (χ3v) is 4.23. The van der Waals surface area contributed by atoms with Crippen LogP contribution in [0.4, 0.5) is 0 Å². The molecular formula is C22H21NO2. The third-order valence-electron chi connectivity index (χ3n) is 4.23. The summed E-state index contributed by atoms with van der Waals surface area (Å²) in [5.41, 5.74) is 5.42. The van der Waals surface area contributed by atoms with Crippen LogP contribution in [0.1, 0.15) is 35.8 Å². The molecule has 3 aromatic rings. The zero-order valence-corrected chi connectivity index (χ0v) is 14.7. The van der Waals surface area contributed by atoms with Crippen molar-refractivity contribution < 1.29 is 9.53 Å². The van der Waals surface area contributed by atoms with Gasteiger partial charge >= 0.3 is 5.97 Å². The predicted molar refractivity (Wildman–Crippen MR) is 101 cm³/mol. The van der Waals surface area contributed by atoms with Gasteiger partial charge in [0.05, 0.1) is 12.8 Å². The molecule has 126 valence electrons. The SMILES string of the molecule is COC(=O)c1ccc(-c2ccc(C(C)C)cc2)c(-c2ccccc2)n1. The number of carbonyl (C=O) groups is 1. The van der Waals surface area contributed by atoms with E-state index in [0.717, 1.165) is 22.4 Å². The molecule has 0 unspecified atom stereocenters. The van der Waals surface area contributed by atoms with Gasteiger partial charge in [-0.2, -0.15) is 0 Å². The summed E-state index contributed by atoms with van der Waals surface area (Å²) in [6.45, 7) is 4.36. The van der Waals surface area contributed by atoms with E-state index in [9.17, 15) is 4.79 Å². The lowest BCUT2D eigenvalue weighted by Crippen LogP contribution is -2.05. The van der Waals surface area contributed by atoms with Crippen LogP contribution in [0.3, 0.4) is 0 Å². The monoisotopic (exact) mass is 331 g/mol. The Bertz CT molecular complexity index is 868. The topological polar surface area (TPSA) is 39.2 Å². The van der Waals surface area contributed by atoms with E-state index in [0.29, 0.717) is 11.6 Å². The molecule has 25 heavy (non-hydrogen) atoms. The Morgan fingerprint density at radius 2 is 1.56 bits per heavy atom. The van der Waals surface area contributed by atoms with Crippen molar-refractivity contribution in [1.29, 1.82) is 0 Å². The van der Waals surface area contributed by atoms with Gasteiger partial charge in [0.1, 0.15) is 5.69 Å². The zero-order chi connectivity index (χ0) is 17.8. The third kappa shape index (κ3) is 3.61. The molecule has 0 aliphatic carbocycles. The van der Waals surface area contributed by atoms with Crippen LogP contribution in [-0.4, -0.2) is 18.1 Å². The highest BCUT2D eigenvalue weighted by atomic mass is 16.5. The van der Waals surface area contributed by atoms with Gasteiger partial charge in [-0.05, 0) is 29.2 Å². The van der Waals surface area contributed by atoms with E-state index in [2.05, 4.69) is 43.1 Å². The number of hydrogen-bond acceptors (Lipinski definition) is 3. The number of pyridine rings is 1. The Kier molecular flexibility index (Phi) is 4.94. The van der Waals surface area contributed by atoms with E-state index in [1.807, 2.05) is 36.4 Å². The molecule has 3 nitrogen and oxygen atoms in total. The van der Waals surface area contributed by atoms with E-state index in [-0.39, 0.29) is 0 Å². The molecule has 0 amide bonds. The largest absolute Gasteiger partial charge is 0.464 e. The fourth-order valence-corrected chi connectivity index (χ4v) is 2.77. The standard InChI is InChI=1S/C22H21NO2/c1-15(2)16-9-11-17(12-10-16)19-13-14-20(22(24)25-3)23-21(19)18-7-5-4-6-8-18/h4-15H,1-3H3. The summed E-state index contributed by atoms with van der Waals surface area (Å²) in [6.07, 6.45) is 0. The maximum Gasteiger partial charge on any atom is 0.356 e. The van der Waals surface area contributed by atoms with Crippen LogP contribution in [0.5, 0.6) is 0 Å². The van der Waals surface area contributed by atoms with Crippen LogP contribution in [0.25, 0.3) is 22.4 Å². The highest BCUT2D eigenvalue weighted by Crippen LogP contribution is 2.31. The molecule has 2 aromatic carbocycles. The van der Waals surface area contributed by atoms with Crippen LogP contribution < -0.4 is 0 Å². The minimum absolute atomic E-state index is 0.309. The van der Waals surface area contributed by atoms with Gasteiger partial charge in [-0.1, -0.05) is 68.4 Å². The van der Waals surface area contributed by atoms with Crippen molar-refractivity contribution in [3.63, 3.8) is 0 Å². The first-order valence-electron chi connectivity index (χ1n) is 8.35. The van der Waals surface area contributed by atoms with E-state index < -0.39 is 5.97 Å². The zero-order valence-electron chi connectivity index (χ0n) is 14.7. The predicted octanol–water partition coefficient (Wildman–Crippen LogP) is 5.33. The Morgan fingerprint density at radius 1 is 0.880 bits per heavy atom. The van der Waals surface area contributed by atoms with E-state index in [1.54, 1.807) is 6.07 Å². The number of benzene rings is 2. The van der Waals surface area contributed by atoms with Crippen LogP contribution in [0.15, 0.2) is 66.7 Å². The Morgan fingerprint density at radius 3 is 2.16 bits per heavy atom. The molecule has 1 aromatic heterocycles. The van der Waals surface area contributed by atoms with Crippen molar-refractivity contribution in [1.82, 2.24) is 4.98 Å². The van der Waals surface area contributed by atoms with Crippen molar-refractivity contribution in [2.75, 3.05) is 7.11 Å².